The number of esters is 1. The molecular weight excluding hydrogens is 360 g/mol. The number of carbonyl (C=O) groups excluding carboxylic acids is 3. The van der Waals surface area contributed by atoms with Gasteiger partial charge in [-0.2, -0.15) is 0 Å². The summed E-state index contributed by atoms with van der Waals surface area (Å²) < 4.78 is 10.5. The van der Waals surface area contributed by atoms with Crippen LogP contribution in [-0.2, 0) is 16.0 Å². The van der Waals surface area contributed by atoms with Crippen molar-refractivity contribution in [2.24, 2.45) is 0 Å². The SMILES string of the molecule is CCc1ccccc1OCC(=O)NCCNC(=O)c1cccc(OC(C)=O)c1. The Morgan fingerprint density at radius 3 is 2.46 bits per heavy atom. The first kappa shape index (κ1) is 21.0. The molecule has 0 atom stereocenters. The molecule has 0 bridgehead atoms. The van der Waals surface area contributed by atoms with E-state index in [-0.39, 0.29) is 31.5 Å². The summed E-state index contributed by atoms with van der Waals surface area (Å²) in [5, 5.41) is 5.38. The highest BCUT2D eigenvalue weighted by Gasteiger charge is 2.08. The van der Waals surface area contributed by atoms with Crippen LogP contribution < -0.4 is 20.1 Å². The first-order chi connectivity index (χ1) is 13.5. The largest absolute Gasteiger partial charge is 0.483 e. The van der Waals surface area contributed by atoms with Crippen molar-refractivity contribution in [1.82, 2.24) is 10.6 Å². The van der Waals surface area contributed by atoms with Gasteiger partial charge in [0.1, 0.15) is 11.5 Å². The molecule has 0 aliphatic carbocycles. The first-order valence-electron chi connectivity index (χ1n) is 9.03. The molecule has 0 fully saturated rings. The maximum absolute atomic E-state index is 12.1. The van der Waals surface area contributed by atoms with Crippen molar-refractivity contribution in [2.75, 3.05) is 19.7 Å². The second-order valence-corrected chi connectivity index (χ2v) is 5.98. The lowest BCUT2D eigenvalue weighted by molar-refractivity contribution is -0.131. The molecule has 0 saturated carbocycles. The van der Waals surface area contributed by atoms with E-state index < -0.39 is 5.97 Å². The molecular formula is C21H24N2O5. The molecule has 0 aromatic heterocycles. The van der Waals surface area contributed by atoms with Gasteiger partial charge in [0.15, 0.2) is 6.61 Å². The predicted molar refractivity (Wildman–Crippen MR) is 104 cm³/mol. The van der Waals surface area contributed by atoms with E-state index in [1.54, 1.807) is 18.2 Å². The average molecular weight is 384 g/mol. The second-order valence-electron chi connectivity index (χ2n) is 5.98. The van der Waals surface area contributed by atoms with Crippen LogP contribution in [0.2, 0.25) is 0 Å². The van der Waals surface area contributed by atoms with E-state index in [0.29, 0.717) is 17.1 Å². The van der Waals surface area contributed by atoms with Gasteiger partial charge in [0, 0.05) is 25.6 Å². The highest BCUT2D eigenvalue weighted by atomic mass is 16.5. The topological polar surface area (TPSA) is 93.7 Å². The molecule has 0 saturated heterocycles. The molecule has 2 aromatic rings. The standard InChI is InChI=1S/C21H24N2O5/c1-3-16-7-4-5-10-19(16)27-14-20(25)22-11-12-23-21(26)17-8-6-9-18(13-17)28-15(2)24/h4-10,13H,3,11-12,14H2,1-2H3,(H,22,25)(H,23,26). The normalized spacial score (nSPS) is 10.1. The summed E-state index contributed by atoms with van der Waals surface area (Å²) in [6.07, 6.45) is 0.822. The third-order valence-corrected chi connectivity index (χ3v) is 3.80. The third-order valence-electron chi connectivity index (χ3n) is 3.80. The van der Waals surface area contributed by atoms with Crippen LogP contribution in [0.15, 0.2) is 48.5 Å². The van der Waals surface area contributed by atoms with Crippen molar-refractivity contribution < 1.29 is 23.9 Å². The highest BCUT2D eigenvalue weighted by molar-refractivity contribution is 5.94. The minimum absolute atomic E-state index is 0.0879. The van der Waals surface area contributed by atoms with Gasteiger partial charge in [-0.1, -0.05) is 31.2 Å². The van der Waals surface area contributed by atoms with Crippen LogP contribution in [0.1, 0.15) is 29.8 Å². The zero-order valence-electron chi connectivity index (χ0n) is 16.0. The summed E-state index contributed by atoms with van der Waals surface area (Å²) in [5.74, 6) is -0.0449. The van der Waals surface area contributed by atoms with Crippen molar-refractivity contribution in [3.63, 3.8) is 0 Å². The van der Waals surface area contributed by atoms with Crippen molar-refractivity contribution in [3.8, 4) is 11.5 Å². The van der Waals surface area contributed by atoms with Crippen LogP contribution in [0.25, 0.3) is 0 Å². The number of amides is 2. The monoisotopic (exact) mass is 384 g/mol. The van der Waals surface area contributed by atoms with Crippen molar-refractivity contribution >= 4 is 17.8 Å². The molecule has 2 aromatic carbocycles. The Bertz CT molecular complexity index is 835. The zero-order chi connectivity index (χ0) is 20.4. The number of hydrogen-bond acceptors (Lipinski definition) is 5. The summed E-state index contributed by atoms with van der Waals surface area (Å²) in [4.78, 5) is 35.0. The fourth-order valence-electron chi connectivity index (χ4n) is 2.48. The number of rotatable bonds is 9. The van der Waals surface area contributed by atoms with E-state index in [1.807, 2.05) is 31.2 Å². The Labute approximate surface area is 164 Å². The van der Waals surface area contributed by atoms with Gasteiger partial charge in [0.05, 0.1) is 0 Å². The number of nitrogens with one attached hydrogen (secondary N) is 2. The number of ether oxygens (including phenoxy) is 2. The van der Waals surface area contributed by atoms with Gasteiger partial charge in [-0.25, -0.2) is 0 Å². The Morgan fingerprint density at radius 2 is 1.71 bits per heavy atom. The molecule has 0 spiro atoms. The molecule has 28 heavy (non-hydrogen) atoms. The molecule has 0 aliphatic rings. The van der Waals surface area contributed by atoms with Gasteiger partial charge in [-0.15, -0.1) is 0 Å². The van der Waals surface area contributed by atoms with Crippen LogP contribution in [0, 0.1) is 0 Å². The lowest BCUT2D eigenvalue weighted by atomic mass is 10.1. The summed E-state index contributed by atoms with van der Waals surface area (Å²) in [6.45, 7) is 3.75. The molecule has 2 N–H and O–H groups in total. The molecule has 0 aliphatic heterocycles. The van der Waals surface area contributed by atoms with Gasteiger partial charge >= 0.3 is 5.97 Å². The predicted octanol–water partition coefficient (Wildman–Crippen LogP) is 2.10. The molecule has 7 nitrogen and oxygen atoms in total. The van der Waals surface area contributed by atoms with Gasteiger partial charge in [-0.05, 0) is 36.2 Å². The van der Waals surface area contributed by atoms with Crippen LogP contribution in [0.5, 0.6) is 11.5 Å². The Hall–Kier alpha value is -3.35. The summed E-state index contributed by atoms with van der Waals surface area (Å²) >= 11 is 0. The number of benzene rings is 2. The second kappa shape index (κ2) is 10.7. The molecule has 0 heterocycles. The summed E-state index contributed by atoms with van der Waals surface area (Å²) in [5.41, 5.74) is 1.41. The van der Waals surface area contributed by atoms with Crippen molar-refractivity contribution in [3.05, 3.63) is 59.7 Å². The summed E-state index contributed by atoms with van der Waals surface area (Å²) in [7, 11) is 0. The molecule has 0 unspecified atom stereocenters. The Morgan fingerprint density at radius 1 is 0.964 bits per heavy atom. The maximum Gasteiger partial charge on any atom is 0.308 e. The quantitative estimate of drug-likeness (QED) is 0.392. The zero-order valence-corrected chi connectivity index (χ0v) is 16.0. The van der Waals surface area contributed by atoms with Crippen LogP contribution in [0.4, 0.5) is 0 Å². The van der Waals surface area contributed by atoms with E-state index >= 15 is 0 Å². The number of para-hydroxylation sites is 1. The fraction of sp³-hybridized carbons (Fsp3) is 0.286. The highest BCUT2D eigenvalue weighted by Crippen LogP contribution is 2.18. The van der Waals surface area contributed by atoms with Crippen LogP contribution in [-0.4, -0.2) is 37.5 Å². The smallest absolute Gasteiger partial charge is 0.308 e. The minimum atomic E-state index is -0.455. The lowest BCUT2D eigenvalue weighted by Crippen LogP contribution is -2.36. The molecule has 2 rings (SSSR count). The van der Waals surface area contributed by atoms with E-state index in [2.05, 4.69) is 10.6 Å². The Balaban J connectivity index is 1.71. The van der Waals surface area contributed by atoms with Crippen molar-refractivity contribution in [1.29, 1.82) is 0 Å². The number of hydrogen-bond donors (Lipinski definition) is 2. The average Bonchev–Trinajstić information content (AvgIpc) is 2.69. The maximum atomic E-state index is 12.1. The van der Waals surface area contributed by atoms with Crippen LogP contribution in [0.3, 0.4) is 0 Å². The third kappa shape index (κ3) is 6.75. The van der Waals surface area contributed by atoms with Gasteiger partial charge in [0.2, 0.25) is 0 Å². The summed E-state index contributed by atoms with van der Waals surface area (Å²) in [6, 6.07) is 13.9. The number of aryl methyl sites for hydroxylation is 1. The van der Waals surface area contributed by atoms with E-state index in [9.17, 15) is 14.4 Å². The minimum Gasteiger partial charge on any atom is -0.483 e. The molecule has 148 valence electrons. The van der Waals surface area contributed by atoms with Gasteiger partial charge in [0.25, 0.3) is 11.8 Å². The molecule has 2 amide bonds. The van der Waals surface area contributed by atoms with Crippen molar-refractivity contribution in [2.45, 2.75) is 20.3 Å². The first-order valence-corrected chi connectivity index (χ1v) is 9.03. The molecule has 7 heteroatoms. The van der Waals surface area contributed by atoms with E-state index in [0.717, 1.165) is 12.0 Å². The van der Waals surface area contributed by atoms with E-state index in [1.165, 1.54) is 13.0 Å². The van der Waals surface area contributed by atoms with E-state index in [4.69, 9.17) is 9.47 Å². The lowest BCUT2D eigenvalue weighted by Gasteiger charge is -2.11. The fourth-order valence-corrected chi connectivity index (χ4v) is 2.48. The van der Waals surface area contributed by atoms with Gasteiger partial charge in [-0.3, -0.25) is 14.4 Å². The number of carbonyl (C=O) groups is 3. The Kier molecular flexibility index (Phi) is 8.02. The van der Waals surface area contributed by atoms with Crippen LogP contribution >= 0.6 is 0 Å². The van der Waals surface area contributed by atoms with Gasteiger partial charge < -0.3 is 20.1 Å². The molecule has 0 radical (unpaired) electrons.